The summed E-state index contributed by atoms with van der Waals surface area (Å²) in [5.74, 6) is -0.414. The number of amides is 1. The molecule has 0 aliphatic carbocycles. The molecular formula is C11H7ClF3N3OS2. The molecule has 0 aliphatic heterocycles. The topological polar surface area (TPSA) is 54.9 Å². The monoisotopic (exact) mass is 353 g/mol. The van der Waals surface area contributed by atoms with Gasteiger partial charge in [0.1, 0.15) is 0 Å². The van der Waals surface area contributed by atoms with Gasteiger partial charge in [-0.05, 0) is 24.3 Å². The Balaban J connectivity index is 1.87. The van der Waals surface area contributed by atoms with Gasteiger partial charge in [0.15, 0.2) is 0 Å². The minimum atomic E-state index is -4.56. The second-order valence-corrected chi connectivity index (χ2v) is 6.16. The van der Waals surface area contributed by atoms with E-state index in [0.717, 1.165) is 4.90 Å². The molecule has 0 saturated carbocycles. The Kier molecular flexibility index (Phi) is 5.07. The molecule has 1 aromatic carbocycles. The van der Waals surface area contributed by atoms with Gasteiger partial charge in [0.05, 0.1) is 5.75 Å². The van der Waals surface area contributed by atoms with Crippen LogP contribution in [0.25, 0.3) is 0 Å². The summed E-state index contributed by atoms with van der Waals surface area (Å²) in [5.41, 5.74) is 0. The van der Waals surface area contributed by atoms with Gasteiger partial charge in [-0.3, -0.25) is 10.1 Å². The maximum Gasteiger partial charge on any atom is 0.445 e. The average molecular weight is 354 g/mol. The van der Waals surface area contributed by atoms with Crippen LogP contribution in [0.15, 0.2) is 29.2 Å². The lowest BCUT2D eigenvalue weighted by molar-refractivity contribution is -0.138. The number of nitrogens with one attached hydrogen (secondary N) is 1. The summed E-state index contributed by atoms with van der Waals surface area (Å²) in [7, 11) is 0. The van der Waals surface area contributed by atoms with Crippen molar-refractivity contribution in [3.8, 4) is 0 Å². The van der Waals surface area contributed by atoms with Crippen LogP contribution in [0.4, 0.5) is 18.3 Å². The molecule has 1 amide bonds. The van der Waals surface area contributed by atoms with Crippen molar-refractivity contribution < 1.29 is 18.0 Å². The lowest BCUT2D eigenvalue weighted by Crippen LogP contribution is -2.13. The van der Waals surface area contributed by atoms with Crippen LogP contribution in [0, 0.1) is 0 Å². The van der Waals surface area contributed by atoms with E-state index in [1.165, 1.54) is 11.8 Å². The normalized spacial score (nSPS) is 11.4. The Hall–Kier alpha value is -1.32. The summed E-state index contributed by atoms with van der Waals surface area (Å²) in [6, 6.07) is 6.85. The Labute approximate surface area is 130 Å². The highest BCUT2D eigenvalue weighted by molar-refractivity contribution is 8.00. The van der Waals surface area contributed by atoms with Crippen LogP contribution in [0.1, 0.15) is 5.01 Å². The highest BCUT2D eigenvalue weighted by Gasteiger charge is 2.35. The van der Waals surface area contributed by atoms with Crippen LogP contribution in [-0.4, -0.2) is 21.9 Å². The van der Waals surface area contributed by atoms with E-state index in [4.69, 9.17) is 11.6 Å². The predicted molar refractivity (Wildman–Crippen MR) is 75.7 cm³/mol. The van der Waals surface area contributed by atoms with E-state index in [1.807, 2.05) is 0 Å². The predicted octanol–water partition coefficient (Wildman–Crippen LogP) is 3.94. The smallest absolute Gasteiger partial charge is 0.300 e. The SMILES string of the molecule is O=C(CSc1ccc(Cl)cc1)Nc1nnc(C(F)(F)F)s1. The highest BCUT2D eigenvalue weighted by Crippen LogP contribution is 2.33. The largest absolute Gasteiger partial charge is 0.445 e. The van der Waals surface area contributed by atoms with Gasteiger partial charge in [0, 0.05) is 9.92 Å². The molecular weight excluding hydrogens is 347 g/mol. The first-order valence-electron chi connectivity index (χ1n) is 5.43. The Morgan fingerprint density at radius 2 is 1.95 bits per heavy atom. The number of benzene rings is 1. The van der Waals surface area contributed by atoms with Gasteiger partial charge in [-0.1, -0.05) is 22.9 Å². The number of hydrogen-bond donors (Lipinski definition) is 1. The molecule has 0 radical (unpaired) electrons. The molecule has 0 fully saturated rings. The van der Waals surface area contributed by atoms with Crippen molar-refractivity contribution in [3.05, 3.63) is 34.3 Å². The van der Waals surface area contributed by atoms with Gasteiger partial charge >= 0.3 is 6.18 Å². The van der Waals surface area contributed by atoms with E-state index in [2.05, 4.69) is 15.5 Å². The summed E-state index contributed by atoms with van der Waals surface area (Å²) in [4.78, 5) is 12.4. The first-order chi connectivity index (χ1) is 9.84. The molecule has 1 N–H and O–H groups in total. The number of carbonyl (C=O) groups excluding carboxylic acids is 1. The summed E-state index contributed by atoms with van der Waals surface area (Å²) in [6.07, 6.45) is -4.56. The zero-order valence-corrected chi connectivity index (χ0v) is 12.5. The number of thioether (sulfide) groups is 1. The fourth-order valence-corrected chi connectivity index (χ4v) is 2.67. The summed E-state index contributed by atoms with van der Waals surface area (Å²) < 4.78 is 37.0. The number of nitrogens with zero attached hydrogens (tertiary/aromatic N) is 2. The van der Waals surface area contributed by atoms with Crippen molar-refractivity contribution in [1.29, 1.82) is 0 Å². The number of hydrogen-bond acceptors (Lipinski definition) is 5. The number of aromatic nitrogens is 2. The van der Waals surface area contributed by atoms with Crippen molar-refractivity contribution in [2.24, 2.45) is 0 Å². The third kappa shape index (κ3) is 4.87. The van der Waals surface area contributed by atoms with Crippen molar-refractivity contribution in [3.63, 3.8) is 0 Å². The number of alkyl halides is 3. The van der Waals surface area contributed by atoms with Crippen LogP contribution in [0.2, 0.25) is 5.02 Å². The van der Waals surface area contributed by atoms with Gasteiger partial charge in [-0.2, -0.15) is 13.2 Å². The summed E-state index contributed by atoms with van der Waals surface area (Å²) in [6.45, 7) is 0. The van der Waals surface area contributed by atoms with Crippen molar-refractivity contribution in [2.45, 2.75) is 11.1 Å². The molecule has 4 nitrogen and oxygen atoms in total. The molecule has 112 valence electrons. The third-order valence-corrected chi connectivity index (χ3v) is 4.24. The Morgan fingerprint density at radius 3 is 2.52 bits per heavy atom. The standard InChI is InChI=1S/C11H7ClF3N3OS2/c12-6-1-3-7(4-2-6)20-5-8(19)16-10-18-17-9(21-10)11(13,14)15/h1-4H,5H2,(H,16,18,19). The molecule has 0 spiro atoms. The lowest BCUT2D eigenvalue weighted by Gasteiger charge is -2.02. The summed E-state index contributed by atoms with van der Waals surface area (Å²) >= 11 is 7.24. The van der Waals surface area contributed by atoms with E-state index in [0.29, 0.717) is 5.02 Å². The quantitative estimate of drug-likeness (QED) is 0.846. The molecule has 0 unspecified atom stereocenters. The molecule has 2 aromatic rings. The Morgan fingerprint density at radius 1 is 1.29 bits per heavy atom. The molecule has 0 aliphatic rings. The molecule has 2 rings (SSSR count). The fraction of sp³-hybridized carbons (Fsp3) is 0.182. The number of halogens is 4. The lowest BCUT2D eigenvalue weighted by atomic mass is 10.4. The second kappa shape index (κ2) is 6.63. The molecule has 1 heterocycles. The number of rotatable bonds is 4. The molecule has 0 atom stereocenters. The van der Waals surface area contributed by atoms with E-state index < -0.39 is 17.1 Å². The van der Waals surface area contributed by atoms with Gasteiger partial charge in [0.2, 0.25) is 16.0 Å². The van der Waals surface area contributed by atoms with Gasteiger partial charge in [0.25, 0.3) is 0 Å². The molecule has 1 aromatic heterocycles. The van der Waals surface area contributed by atoms with Crippen molar-refractivity contribution >= 4 is 45.7 Å². The van der Waals surface area contributed by atoms with Crippen LogP contribution in [0.3, 0.4) is 0 Å². The fourth-order valence-electron chi connectivity index (χ4n) is 1.22. The van der Waals surface area contributed by atoms with Gasteiger partial charge < -0.3 is 0 Å². The maximum absolute atomic E-state index is 12.3. The second-order valence-electron chi connectivity index (χ2n) is 3.70. The first-order valence-corrected chi connectivity index (χ1v) is 7.61. The van der Waals surface area contributed by atoms with Gasteiger partial charge in [-0.25, -0.2) is 0 Å². The molecule has 21 heavy (non-hydrogen) atoms. The molecule has 10 heteroatoms. The minimum Gasteiger partial charge on any atom is -0.300 e. The van der Waals surface area contributed by atoms with E-state index in [1.54, 1.807) is 24.3 Å². The average Bonchev–Trinajstić information content (AvgIpc) is 2.86. The number of anilines is 1. The number of carbonyl (C=O) groups is 1. The zero-order valence-electron chi connectivity index (χ0n) is 10.1. The highest BCUT2D eigenvalue weighted by atomic mass is 35.5. The molecule has 0 saturated heterocycles. The van der Waals surface area contributed by atoms with Crippen LogP contribution < -0.4 is 5.32 Å². The van der Waals surface area contributed by atoms with Crippen LogP contribution in [0.5, 0.6) is 0 Å². The van der Waals surface area contributed by atoms with Crippen LogP contribution >= 0.6 is 34.7 Å². The third-order valence-electron chi connectivity index (χ3n) is 2.10. The Bertz CT molecular complexity index is 630. The van der Waals surface area contributed by atoms with Crippen molar-refractivity contribution in [2.75, 3.05) is 11.1 Å². The minimum absolute atomic E-state index is 0.0442. The summed E-state index contributed by atoms with van der Waals surface area (Å²) in [5, 5.41) is 7.84. The molecule has 0 bridgehead atoms. The van der Waals surface area contributed by atoms with E-state index in [-0.39, 0.29) is 22.2 Å². The van der Waals surface area contributed by atoms with Crippen molar-refractivity contribution in [1.82, 2.24) is 10.2 Å². The maximum atomic E-state index is 12.3. The van der Waals surface area contributed by atoms with E-state index in [9.17, 15) is 18.0 Å². The van der Waals surface area contributed by atoms with E-state index >= 15 is 0 Å². The van der Waals surface area contributed by atoms with Gasteiger partial charge in [-0.15, -0.1) is 22.0 Å². The first kappa shape index (κ1) is 16.1. The zero-order chi connectivity index (χ0) is 15.5. The van der Waals surface area contributed by atoms with Crippen LogP contribution in [-0.2, 0) is 11.0 Å².